The molecule has 0 radical (unpaired) electrons. The Kier molecular flexibility index (Phi) is 6.06. The molecule has 0 bridgehead atoms. The van der Waals surface area contributed by atoms with Gasteiger partial charge in [0.15, 0.2) is 0 Å². The topological polar surface area (TPSA) is 105 Å². The number of carboxylic acids is 1. The minimum absolute atomic E-state index is 0.0210. The second-order valence-electron chi connectivity index (χ2n) is 6.67. The van der Waals surface area contributed by atoms with E-state index in [-0.39, 0.29) is 29.8 Å². The summed E-state index contributed by atoms with van der Waals surface area (Å²) in [6.07, 6.45) is -4.95. The number of hydrogen-bond acceptors (Lipinski definition) is 5. The van der Waals surface area contributed by atoms with Gasteiger partial charge in [-0.3, -0.25) is 9.59 Å². The first-order chi connectivity index (χ1) is 14.1. The number of anilines is 1. The number of rotatable bonds is 5. The molecule has 1 aliphatic rings. The molecule has 2 aromatic rings. The van der Waals surface area contributed by atoms with E-state index in [2.05, 4.69) is 10.6 Å². The van der Waals surface area contributed by atoms with E-state index in [9.17, 15) is 27.6 Å². The number of hydrogen-bond donors (Lipinski definition) is 3. The SMILES string of the molecule is O=C(Nc1cccc(C(=O)O[C@@H]2CN[C@H](C(=O)O)C2)c1)c1ccc(C(F)(F)F)cc1. The number of ether oxygens (including phenoxy) is 1. The highest BCUT2D eigenvalue weighted by molar-refractivity contribution is 6.04. The van der Waals surface area contributed by atoms with Crippen LogP contribution in [0, 0.1) is 0 Å². The van der Waals surface area contributed by atoms with Crippen LogP contribution in [0.5, 0.6) is 0 Å². The lowest BCUT2D eigenvalue weighted by atomic mass is 10.1. The average Bonchev–Trinajstić information content (AvgIpc) is 3.16. The predicted molar refractivity (Wildman–Crippen MR) is 99.1 cm³/mol. The zero-order chi connectivity index (χ0) is 21.9. The van der Waals surface area contributed by atoms with E-state index in [1.807, 2.05) is 0 Å². The molecule has 1 aliphatic heterocycles. The Hall–Kier alpha value is -3.40. The van der Waals surface area contributed by atoms with Crippen molar-refractivity contribution in [2.75, 3.05) is 11.9 Å². The summed E-state index contributed by atoms with van der Waals surface area (Å²) in [5.41, 5.74) is -0.454. The summed E-state index contributed by atoms with van der Waals surface area (Å²) in [6, 6.07) is 8.80. The molecule has 10 heteroatoms. The molecule has 1 heterocycles. The maximum Gasteiger partial charge on any atom is 0.416 e. The lowest BCUT2D eigenvalue weighted by molar-refractivity contribution is -0.139. The summed E-state index contributed by atoms with van der Waals surface area (Å²) in [6.45, 7) is 0.215. The molecule has 2 aromatic carbocycles. The standard InChI is InChI=1S/C20H17F3N2O5/c21-20(22,23)13-6-4-11(5-7-13)17(26)25-14-3-1-2-12(8-14)19(29)30-15-9-16(18(27)28)24-10-15/h1-8,15-16,24H,9-10H2,(H,25,26)(H,27,28)/t15-,16-/m0/s1. The molecule has 0 aliphatic carbocycles. The fourth-order valence-corrected chi connectivity index (χ4v) is 2.94. The number of amides is 1. The third kappa shape index (κ3) is 5.15. The van der Waals surface area contributed by atoms with Gasteiger partial charge in [0.1, 0.15) is 12.1 Å². The van der Waals surface area contributed by atoms with Crippen LogP contribution in [0.1, 0.15) is 32.7 Å². The quantitative estimate of drug-likeness (QED) is 0.640. The van der Waals surface area contributed by atoms with Gasteiger partial charge in [-0.05, 0) is 42.5 Å². The first kappa shape index (κ1) is 21.3. The Morgan fingerprint density at radius 2 is 1.77 bits per heavy atom. The molecule has 0 spiro atoms. The third-order valence-corrected chi connectivity index (χ3v) is 4.49. The van der Waals surface area contributed by atoms with Crippen LogP contribution in [0.25, 0.3) is 0 Å². The minimum atomic E-state index is -4.50. The van der Waals surface area contributed by atoms with Crippen molar-refractivity contribution in [1.29, 1.82) is 0 Å². The van der Waals surface area contributed by atoms with Crippen molar-refractivity contribution < 1.29 is 37.4 Å². The molecule has 0 unspecified atom stereocenters. The largest absolute Gasteiger partial charge is 0.480 e. The normalized spacial score (nSPS) is 18.6. The first-order valence-electron chi connectivity index (χ1n) is 8.89. The number of nitrogens with one attached hydrogen (secondary N) is 2. The molecule has 3 N–H and O–H groups in total. The Balaban J connectivity index is 1.63. The highest BCUT2D eigenvalue weighted by atomic mass is 19.4. The van der Waals surface area contributed by atoms with Gasteiger partial charge in [-0.25, -0.2) is 4.79 Å². The van der Waals surface area contributed by atoms with Crippen LogP contribution in [-0.4, -0.2) is 41.6 Å². The molecule has 0 saturated carbocycles. The third-order valence-electron chi connectivity index (χ3n) is 4.49. The van der Waals surface area contributed by atoms with Crippen LogP contribution >= 0.6 is 0 Å². The minimum Gasteiger partial charge on any atom is -0.480 e. The highest BCUT2D eigenvalue weighted by Crippen LogP contribution is 2.29. The molecule has 30 heavy (non-hydrogen) atoms. The number of carboxylic acid groups (broad SMARTS) is 1. The van der Waals surface area contributed by atoms with Crippen molar-refractivity contribution in [2.24, 2.45) is 0 Å². The second kappa shape index (κ2) is 8.54. The van der Waals surface area contributed by atoms with E-state index in [1.54, 1.807) is 0 Å². The first-order valence-corrected chi connectivity index (χ1v) is 8.89. The van der Waals surface area contributed by atoms with Gasteiger partial charge in [0.2, 0.25) is 0 Å². The van der Waals surface area contributed by atoms with Gasteiger partial charge >= 0.3 is 18.1 Å². The molecule has 158 valence electrons. The van der Waals surface area contributed by atoms with Gasteiger partial charge in [0.05, 0.1) is 11.1 Å². The lowest BCUT2D eigenvalue weighted by Crippen LogP contribution is -2.30. The van der Waals surface area contributed by atoms with Crippen molar-refractivity contribution in [2.45, 2.75) is 24.7 Å². The summed E-state index contributed by atoms with van der Waals surface area (Å²) in [7, 11) is 0. The molecular weight excluding hydrogens is 405 g/mol. The van der Waals surface area contributed by atoms with Crippen molar-refractivity contribution in [3.8, 4) is 0 Å². The van der Waals surface area contributed by atoms with Gasteiger partial charge in [-0.15, -0.1) is 0 Å². The molecule has 1 fully saturated rings. The summed E-state index contributed by atoms with van der Waals surface area (Å²) in [4.78, 5) is 35.5. The van der Waals surface area contributed by atoms with E-state index in [0.29, 0.717) is 0 Å². The maximum atomic E-state index is 12.6. The number of aliphatic carboxylic acids is 1. The predicted octanol–water partition coefficient (Wildman–Crippen LogP) is 2.93. The number of halogens is 3. The molecule has 0 aromatic heterocycles. The van der Waals surface area contributed by atoms with Crippen LogP contribution in [0.15, 0.2) is 48.5 Å². The van der Waals surface area contributed by atoms with Crippen molar-refractivity contribution in [3.63, 3.8) is 0 Å². The number of alkyl halides is 3. The van der Waals surface area contributed by atoms with Crippen LogP contribution in [0.3, 0.4) is 0 Å². The molecule has 1 saturated heterocycles. The van der Waals surface area contributed by atoms with Crippen LogP contribution in [-0.2, 0) is 15.7 Å². The average molecular weight is 422 g/mol. The monoisotopic (exact) mass is 422 g/mol. The van der Waals surface area contributed by atoms with E-state index in [4.69, 9.17) is 9.84 Å². The summed E-state index contributed by atoms with van der Waals surface area (Å²) in [5.74, 6) is -2.35. The van der Waals surface area contributed by atoms with E-state index in [0.717, 1.165) is 24.3 Å². The van der Waals surface area contributed by atoms with Crippen LogP contribution < -0.4 is 10.6 Å². The van der Waals surface area contributed by atoms with Crippen LogP contribution in [0.2, 0.25) is 0 Å². The summed E-state index contributed by atoms with van der Waals surface area (Å²) >= 11 is 0. The van der Waals surface area contributed by atoms with E-state index >= 15 is 0 Å². The van der Waals surface area contributed by atoms with Crippen molar-refractivity contribution >= 4 is 23.5 Å². The van der Waals surface area contributed by atoms with Gasteiger partial charge in [0.25, 0.3) is 5.91 Å². The zero-order valence-corrected chi connectivity index (χ0v) is 15.4. The van der Waals surface area contributed by atoms with E-state index in [1.165, 1.54) is 24.3 Å². The number of benzene rings is 2. The Morgan fingerprint density at radius 1 is 1.07 bits per heavy atom. The Morgan fingerprint density at radius 3 is 2.37 bits per heavy atom. The Labute approximate surface area is 168 Å². The van der Waals surface area contributed by atoms with Gasteiger partial charge < -0.3 is 20.5 Å². The molecule has 2 atom stereocenters. The summed E-state index contributed by atoms with van der Waals surface area (Å²) < 4.78 is 43.1. The number of carbonyl (C=O) groups is 3. The molecule has 1 amide bonds. The van der Waals surface area contributed by atoms with Crippen LogP contribution in [0.4, 0.5) is 18.9 Å². The molecule has 7 nitrogen and oxygen atoms in total. The fourth-order valence-electron chi connectivity index (χ4n) is 2.94. The van der Waals surface area contributed by atoms with Gasteiger partial charge in [0, 0.05) is 24.2 Å². The van der Waals surface area contributed by atoms with E-state index < -0.39 is 41.7 Å². The fraction of sp³-hybridized carbons (Fsp3) is 0.250. The molecule has 3 rings (SSSR count). The summed E-state index contributed by atoms with van der Waals surface area (Å²) in [5, 5.41) is 14.2. The number of esters is 1. The highest BCUT2D eigenvalue weighted by Gasteiger charge is 2.32. The lowest BCUT2D eigenvalue weighted by Gasteiger charge is -2.12. The number of carbonyl (C=O) groups excluding carboxylic acids is 2. The Bertz CT molecular complexity index is 960. The van der Waals surface area contributed by atoms with Crippen molar-refractivity contribution in [3.05, 3.63) is 65.2 Å². The van der Waals surface area contributed by atoms with Gasteiger partial charge in [-0.1, -0.05) is 6.07 Å². The maximum absolute atomic E-state index is 12.6. The second-order valence-corrected chi connectivity index (χ2v) is 6.67. The molecular formula is C20H17F3N2O5. The van der Waals surface area contributed by atoms with Crippen molar-refractivity contribution in [1.82, 2.24) is 5.32 Å². The smallest absolute Gasteiger partial charge is 0.416 e. The zero-order valence-electron chi connectivity index (χ0n) is 15.4. The van der Waals surface area contributed by atoms with Gasteiger partial charge in [-0.2, -0.15) is 13.2 Å².